The van der Waals surface area contributed by atoms with Crippen LogP contribution in [-0.4, -0.2) is 25.5 Å². The normalized spacial score (nSPS) is 11.0. The largest absolute Gasteiger partial charge is 0.304 e. The van der Waals surface area contributed by atoms with E-state index in [1.165, 1.54) is 11.3 Å². The fourth-order valence-corrected chi connectivity index (χ4v) is 4.13. The molecule has 0 saturated heterocycles. The van der Waals surface area contributed by atoms with E-state index >= 15 is 0 Å². The van der Waals surface area contributed by atoms with Crippen molar-refractivity contribution in [2.45, 2.75) is 13.1 Å². The van der Waals surface area contributed by atoms with Gasteiger partial charge in [-0.15, -0.1) is 11.3 Å². The molecule has 1 amide bonds. The SMILES string of the molecule is O=C(Nc1ccn(Cc2ccc(Cl)cc2Cl)n1)c1cc(Cn2cc(Cl)cn2)cs1. The number of nitrogens with zero attached hydrogens (tertiary/aromatic N) is 4. The summed E-state index contributed by atoms with van der Waals surface area (Å²) in [4.78, 5) is 13.1. The Bertz CT molecular complexity index is 1170. The monoisotopic (exact) mass is 465 g/mol. The van der Waals surface area contributed by atoms with Crippen LogP contribution in [0.25, 0.3) is 0 Å². The molecule has 148 valence electrons. The zero-order valence-electron chi connectivity index (χ0n) is 14.8. The Balaban J connectivity index is 1.39. The molecule has 0 spiro atoms. The zero-order valence-corrected chi connectivity index (χ0v) is 17.9. The highest BCUT2D eigenvalue weighted by atomic mass is 35.5. The molecule has 29 heavy (non-hydrogen) atoms. The molecule has 1 aromatic carbocycles. The average molecular weight is 467 g/mol. The Morgan fingerprint density at radius 3 is 2.69 bits per heavy atom. The van der Waals surface area contributed by atoms with Gasteiger partial charge in [-0.1, -0.05) is 40.9 Å². The molecule has 4 rings (SSSR count). The van der Waals surface area contributed by atoms with E-state index in [0.717, 1.165) is 11.1 Å². The lowest BCUT2D eigenvalue weighted by molar-refractivity contribution is 0.103. The molecule has 0 radical (unpaired) electrons. The Morgan fingerprint density at radius 1 is 1.07 bits per heavy atom. The van der Waals surface area contributed by atoms with Gasteiger partial charge in [0.05, 0.1) is 29.2 Å². The average Bonchev–Trinajstić information content (AvgIpc) is 3.40. The third-order valence-electron chi connectivity index (χ3n) is 4.05. The molecule has 0 bridgehead atoms. The highest BCUT2D eigenvalue weighted by molar-refractivity contribution is 7.12. The topological polar surface area (TPSA) is 64.7 Å². The molecule has 3 heterocycles. The van der Waals surface area contributed by atoms with Gasteiger partial charge < -0.3 is 5.32 Å². The van der Waals surface area contributed by atoms with Crippen LogP contribution in [0.5, 0.6) is 0 Å². The second-order valence-electron chi connectivity index (χ2n) is 6.26. The predicted molar refractivity (Wildman–Crippen MR) is 116 cm³/mol. The first-order valence-electron chi connectivity index (χ1n) is 8.50. The van der Waals surface area contributed by atoms with Gasteiger partial charge in [0.1, 0.15) is 0 Å². The molecule has 0 atom stereocenters. The van der Waals surface area contributed by atoms with E-state index in [1.807, 2.05) is 17.5 Å². The van der Waals surface area contributed by atoms with Gasteiger partial charge in [-0.25, -0.2) is 0 Å². The number of hydrogen-bond acceptors (Lipinski definition) is 4. The Labute approximate surface area is 185 Å². The summed E-state index contributed by atoms with van der Waals surface area (Å²) in [6, 6.07) is 8.89. The molecule has 0 aliphatic carbocycles. The number of benzene rings is 1. The maximum atomic E-state index is 12.5. The molecule has 3 aromatic heterocycles. The summed E-state index contributed by atoms with van der Waals surface area (Å²) in [5, 5.41) is 15.0. The van der Waals surface area contributed by atoms with E-state index in [4.69, 9.17) is 34.8 Å². The molecule has 0 aliphatic rings. The Kier molecular flexibility index (Phi) is 5.91. The van der Waals surface area contributed by atoms with Crippen molar-refractivity contribution in [3.8, 4) is 0 Å². The van der Waals surface area contributed by atoms with Crippen molar-refractivity contribution in [3.63, 3.8) is 0 Å². The minimum atomic E-state index is -0.213. The second kappa shape index (κ2) is 8.59. The minimum absolute atomic E-state index is 0.213. The van der Waals surface area contributed by atoms with Gasteiger partial charge >= 0.3 is 0 Å². The fraction of sp³-hybridized carbons (Fsp3) is 0.105. The van der Waals surface area contributed by atoms with E-state index in [1.54, 1.807) is 46.2 Å². The van der Waals surface area contributed by atoms with Crippen LogP contribution in [0.2, 0.25) is 15.1 Å². The number of thiophene rings is 1. The lowest BCUT2D eigenvalue weighted by Crippen LogP contribution is -2.11. The van der Waals surface area contributed by atoms with Crippen molar-refractivity contribution < 1.29 is 4.79 Å². The summed E-state index contributed by atoms with van der Waals surface area (Å²) in [7, 11) is 0. The molecule has 1 N–H and O–H groups in total. The first-order valence-corrected chi connectivity index (χ1v) is 10.5. The standard InChI is InChI=1S/C19H14Cl3N5OS/c20-14-2-1-13(16(22)6-14)9-26-4-3-18(25-26)24-19(28)17-5-12(11-29-17)8-27-10-15(21)7-23-27/h1-7,10-11H,8-9H2,(H,24,25,28). The Morgan fingerprint density at radius 2 is 1.93 bits per heavy atom. The summed E-state index contributed by atoms with van der Waals surface area (Å²) >= 11 is 19.4. The highest BCUT2D eigenvalue weighted by Gasteiger charge is 2.12. The molecule has 0 fully saturated rings. The van der Waals surface area contributed by atoms with E-state index in [-0.39, 0.29) is 5.91 Å². The lowest BCUT2D eigenvalue weighted by Gasteiger charge is -2.05. The van der Waals surface area contributed by atoms with Crippen LogP contribution in [0.3, 0.4) is 0 Å². The zero-order chi connectivity index (χ0) is 20.4. The minimum Gasteiger partial charge on any atom is -0.304 e. The van der Waals surface area contributed by atoms with E-state index in [0.29, 0.717) is 38.9 Å². The smallest absolute Gasteiger partial charge is 0.266 e. The van der Waals surface area contributed by atoms with Gasteiger partial charge in [-0.05, 0) is 34.7 Å². The lowest BCUT2D eigenvalue weighted by atomic mass is 10.2. The number of hydrogen-bond donors (Lipinski definition) is 1. The van der Waals surface area contributed by atoms with Crippen LogP contribution in [0.15, 0.2) is 54.3 Å². The van der Waals surface area contributed by atoms with Crippen molar-refractivity contribution in [1.29, 1.82) is 0 Å². The van der Waals surface area contributed by atoms with Crippen molar-refractivity contribution in [2.75, 3.05) is 5.32 Å². The summed E-state index contributed by atoms with van der Waals surface area (Å²) in [6.45, 7) is 1.02. The number of carbonyl (C=O) groups excluding carboxylic acids is 1. The van der Waals surface area contributed by atoms with E-state index in [2.05, 4.69) is 15.5 Å². The summed E-state index contributed by atoms with van der Waals surface area (Å²) < 4.78 is 3.42. The van der Waals surface area contributed by atoms with Crippen LogP contribution in [0.1, 0.15) is 20.8 Å². The first-order chi connectivity index (χ1) is 14.0. The molecular formula is C19H14Cl3N5OS. The number of rotatable bonds is 6. The van der Waals surface area contributed by atoms with Gasteiger partial charge in [-0.2, -0.15) is 10.2 Å². The second-order valence-corrected chi connectivity index (χ2v) is 8.46. The molecule has 10 heteroatoms. The number of carbonyl (C=O) groups is 1. The van der Waals surface area contributed by atoms with Gasteiger partial charge in [0.2, 0.25) is 0 Å². The number of halogens is 3. The fourth-order valence-electron chi connectivity index (χ4n) is 2.71. The summed E-state index contributed by atoms with van der Waals surface area (Å²) in [5.74, 6) is 0.253. The van der Waals surface area contributed by atoms with Crippen molar-refractivity contribution in [3.05, 3.63) is 85.4 Å². The highest BCUT2D eigenvalue weighted by Crippen LogP contribution is 2.22. The van der Waals surface area contributed by atoms with Gasteiger partial charge in [-0.3, -0.25) is 14.2 Å². The molecule has 4 aromatic rings. The Hall–Kier alpha value is -2.32. The van der Waals surface area contributed by atoms with Crippen LogP contribution < -0.4 is 5.32 Å². The van der Waals surface area contributed by atoms with Gasteiger partial charge in [0.15, 0.2) is 5.82 Å². The summed E-state index contributed by atoms with van der Waals surface area (Å²) in [6.07, 6.45) is 5.09. The number of nitrogens with one attached hydrogen (secondary N) is 1. The van der Waals surface area contributed by atoms with Crippen LogP contribution in [0.4, 0.5) is 5.82 Å². The maximum Gasteiger partial charge on any atom is 0.266 e. The third-order valence-corrected chi connectivity index (χ3v) is 5.81. The van der Waals surface area contributed by atoms with Crippen LogP contribution >= 0.6 is 46.1 Å². The number of anilines is 1. The first kappa shape index (κ1) is 20.0. The molecule has 0 unspecified atom stereocenters. The van der Waals surface area contributed by atoms with E-state index in [9.17, 15) is 4.79 Å². The quantitative estimate of drug-likeness (QED) is 0.411. The molecule has 6 nitrogen and oxygen atoms in total. The molecule has 0 aliphatic heterocycles. The van der Waals surface area contributed by atoms with E-state index < -0.39 is 0 Å². The molecule has 0 saturated carbocycles. The van der Waals surface area contributed by atoms with Gasteiger partial charge in [0.25, 0.3) is 5.91 Å². The number of aromatic nitrogens is 4. The van der Waals surface area contributed by atoms with Crippen molar-refractivity contribution in [2.24, 2.45) is 0 Å². The predicted octanol–water partition coefficient (Wildman–Crippen LogP) is 5.45. The molecular weight excluding hydrogens is 453 g/mol. The third kappa shape index (κ3) is 5.00. The van der Waals surface area contributed by atoms with Crippen molar-refractivity contribution in [1.82, 2.24) is 19.6 Å². The van der Waals surface area contributed by atoms with Crippen molar-refractivity contribution >= 4 is 57.9 Å². The maximum absolute atomic E-state index is 12.5. The van der Waals surface area contributed by atoms with Gasteiger partial charge in [0, 0.05) is 28.5 Å². The van der Waals surface area contributed by atoms with Crippen LogP contribution in [0, 0.1) is 0 Å². The van der Waals surface area contributed by atoms with Crippen LogP contribution in [-0.2, 0) is 13.1 Å². The summed E-state index contributed by atoms with van der Waals surface area (Å²) in [5.41, 5.74) is 1.86. The number of amides is 1.